The average molecular weight is 281 g/mol. The zero-order chi connectivity index (χ0) is 14.5. The SMILES string of the molecule is O=C(Nc1ccccc1F)c1cccc(OC(F)F)c1. The lowest BCUT2D eigenvalue weighted by Gasteiger charge is -2.08. The lowest BCUT2D eigenvalue weighted by molar-refractivity contribution is -0.0498. The van der Waals surface area contributed by atoms with Gasteiger partial charge < -0.3 is 10.1 Å². The lowest BCUT2D eigenvalue weighted by atomic mass is 10.2. The summed E-state index contributed by atoms with van der Waals surface area (Å²) in [7, 11) is 0. The minimum Gasteiger partial charge on any atom is -0.435 e. The first-order valence-electron chi connectivity index (χ1n) is 5.67. The van der Waals surface area contributed by atoms with Gasteiger partial charge in [-0.25, -0.2) is 4.39 Å². The molecule has 2 aromatic carbocycles. The van der Waals surface area contributed by atoms with Crippen LogP contribution in [-0.2, 0) is 0 Å². The van der Waals surface area contributed by atoms with Crippen LogP contribution in [0.4, 0.5) is 18.9 Å². The fourth-order valence-electron chi connectivity index (χ4n) is 1.57. The van der Waals surface area contributed by atoms with Crippen LogP contribution in [0.1, 0.15) is 10.4 Å². The van der Waals surface area contributed by atoms with Crippen molar-refractivity contribution in [2.45, 2.75) is 6.61 Å². The van der Waals surface area contributed by atoms with E-state index < -0.39 is 18.3 Å². The second-order valence-corrected chi connectivity index (χ2v) is 3.84. The van der Waals surface area contributed by atoms with E-state index in [-0.39, 0.29) is 17.0 Å². The number of hydrogen-bond donors (Lipinski definition) is 1. The summed E-state index contributed by atoms with van der Waals surface area (Å²) >= 11 is 0. The van der Waals surface area contributed by atoms with E-state index in [2.05, 4.69) is 10.1 Å². The van der Waals surface area contributed by atoms with Crippen molar-refractivity contribution in [3.63, 3.8) is 0 Å². The summed E-state index contributed by atoms with van der Waals surface area (Å²) in [4.78, 5) is 11.9. The number of para-hydroxylation sites is 1. The maximum Gasteiger partial charge on any atom is 0.387 e. The van der Waals surface area contributed by atoms with Crippen molar-refractivity contribution in [2.75, 3.05) is 5.32 Å². The van der Waals surface area contributed by atoms with E-state index in [0.717, 1.165) is 6.07 Å². The Hall–Kier alpha value is -2.50. The Balaban J connectivity index is 2.15. The van der Waals surface area contributed by atoms with Crippen molar-refractivity contribution in [1.29, 1.82) is 0 Å². The van der Waals surface area contributed by atoms with E-state index in [1.807, 2.05) is 0 Å². The monoisotopic (exact) mass is 281 g/mol. The molecule has 0 saturated carbocycles. The highest BCUT2D eigenvalue weighted by atomic mass is 19.3. The van der Waals surface area contributed by atoms with Crippen LogP contribution in [0.3, 0.4) is 0 Å². The number of ether oxygens (including phenoxy) is 1. The summed E-state index contributed by atoms with van der Waals surface area (Å²) in [5.41, 5.74) is 0.101. The van der Waals surface area contributed by atoms with Gasteiger partial charge in [-0.1, -0.05) is 18.2 Å². The molecular formula is C14H10F3NO2. The van der Waals surface area contributed by atoms with Crippen molar-refractivity contribution < 1.29 is 22.7 Å². The lowest BCUT2D eigenvalue weighted by Crippen LogP contribution is -2.13. The Morgan fingerprint density at radius 1 is 1.10 bits per heavy atom. The van der Waals surface area contributed by atoms with E-state index >= 15 is 0 Å². The Morgan fingerprint density at radius 2 is 1.85 bits per heavy atom. The smallest absolute Gasteiger partial charge is 0.387 e. The molecule has 0 radical (unpaired) electrons. The molecular weight excluding hydrogens is 271 g/mol. The van der Waals surface area contributed by atoms with Gasteiger partial charge in [0.15, 0.2) is 0 Å². The van der Waals surface area contributed by atoms with Crippen LogP contribution in [0.2, 0.25) is 0 Å². The molecule has 0 spiro atoms. The van der Waals surface area contributed by atoms with E-state index in [0.29, 0.717) is 0 Å². The van der Waals surface area contributed by atoms with Crippen molar-refractivity contribution in [3.8, 4) is 5.75 Å². The highest BCUT2D eigenvalue weighted by Crippen LogP contribution is 2.18. The van der Waals surface area contributed by atoms with Crippen LogP contribution in [0.5, 0.6) is 5.75 Å². The van der Waals surface area contributed by atoms with E-state index in [4.69, 9.17) is 0 Å². The Morgan fingerprint density at radius 3 is 2.55 bits per heavy atom. The molecule has 0 atom stereocenters. The molecule has 0 fully saturated rings. The fraction of sp³-hybridized carbons (Fsp3) is 0.0714. The van der Waals surface area contributed by atoms with Gasteiger partial charge in [0, 0.05) is 5.56 Å². The van der Waals surface area contributed by atoms with Crippen molar-refractivity contribution in [2.24, 2.45) is 0 Å². The second-order valence-electron chi connectivity index (χ2n) is 3.84. The molecule has 104 valence electrons. The molecule has 1 N–H and O–H groups in total. The van der Waals surface area contributed by atoms with Gasteiger partial charge >= 0.3 is 6.61 Å². The standard InChI is InChI=1S/C14H10F3NO2/c15-11-6-1-2-7-12(11)18-13(19)9-4-3-5-10(8-9)20-14(16)17/h1-8,14H,(H,18,19). The molecule has 2 rings (SSSR count). The number of benzene rings is 2. The van der Waals surface area contributed by atoms with Crippen LogP contribution >= 0.6 is 0 Å². The number of halogens is 3. The first-order chi connectivity index (χ1) is 9.56. The number of carbonyl (C=O) groups excluding carboxylic acids is 1. The van der Waals surface area contributed by atoms with Crippen molar-refractivity contribution in [3.05, 3.63) is 59.9 Å². The van der Waals surface area contributed by atoms with Crippen LogP contribution in [0.25, 0.3) is 0 Å². The second kappa shape index (κ2) is 6.10. The van der Waals surface area contributed by atoms with E-state index in [9.17, 15) is 18.0 Å². The maximum atomic E-state index is 13.4. The number of carbonyl (C=O) groups is 1. The van der Waals surface area contributed by atoms with Crippen LogP contribution in [-0.4, -0.2) is 12.5 Å². The minimum atomic E-state index is -2.97. The highest BCUT2D eigenvalue weighted by molar-refractivity contribution is 6.04. The van der Waals surface area contributed by atoms with Crippen LogP contribution in [0.15, 0.2) is 48.5 Å². The van der Waals surface area contributed by atoms with Crippen LogP contribution in [0, 0.1) is 5.82 Å². The number of alkyl halides is 2. The third-order valence-electron chi connectivity index (χ3n) is 2.44. The third kappa shape index (κ3) is 3.50. The molecule has 0 aliphatic carbocycles. The number of rotatable bonds is 4. The summed E-state index contributed by atoms with van der Waals surface area (Å²) in [5.74, 6) is -1.34. The minimum absolute atomic E-state index is 0.0117. The molecule has 0 saturated heterocycles. The molecule has 0 aliphatic heterocycles. The summed E-state index contributed by atoms with van der Waals surface area (Å²) in [6, 6.07) is 10.9. The molecule has 1 amide bonds. The van der Waals surface area contributed by atoms with Gasteiger partial charge in [-0.2, -0.15) is 8.78 Å². The summed E-state index contributed by atoms with van der Waals surface area (Å²) in [6.45, 7) is -2.97. The van der Waals surface area contributed by atoms with Gasteiger partial charge in [0.1, 0.15) is 11.6 Å². The topological polar surface area (TPSA) is 38.3 Å². The quantitative estimate of drug-likeness (QED) is 0.928. The largest absolute Gasteiger partial charge is 0.435 e. The van der Waals surface area contributed by atoms with Crippen molar-refractivity contribution >= 4 is 11.6 Å². The number of nitrogens with one attached hydrogen (secondary N) is 1. The summed E-state index contributed by atoms with van der Waals surface area (Å²) in [6.07, 6.45) is 0. The summed E-state index contributed by atoms with van der Waals surface area (Å²) < 4.78 is 41.7. The number of hydrogen-bond acceptors (Lipinski definition) is 2. The van der Waals surface area contributed by atoms with Crippen LogP contribution < -0.4 is 10.1 Å². The Kier molecular flexibility index (Phi) is 4.24. The molecule has 0 aromatic heterocycles. The summed E-state index contributed by atoms with van der Waals surface area (Å²) in [5, 5.41) is 2.35. The van der Waals surface area contributed by atoms with Gasteiger partial charge in [0.05, 0.1) is 5.69 Å². The Bertz CT molecular complexity index is 617. The molecule has 0 unspecified atom stereocenters. The molecule has 0 aliphatic rings. The highest BCUT2D eigenvalue weighted by Gasteiger charge is 2.11. The van der Waals surface area contributed by atoms with Gasteiger partial charge in [0.2, 0.25) is 0 Å². The van der Waals surface area contributed by atoms with Gasteiger partial charge in [0.25, 0.3) is 5.91 Å². The average Bonchev–Trinajstić information content (AvgIpc) is 2.41. The number of anilines is 1. The maximum absolute atomic E-state index is 13.4. The predicted molar refractivity (Wildman–Crippen MR) is 67.4 cm³/mol. The first-order valence-corrected chi connectivity index (χ1v) is 5.67. The van der Waals surface area contributed by atoms with Crippen molar-refractivity contribution in [1.82, 2.24) is 0 Å². The van der Waals surface area contributed by atoms with Gasteiger partial charge in [-0.3, -0.25) is 4.79 Å². The molecule has 20 heavy (non-hydrogen) atoms. The zero-order valence-electron chi connectivity index (χ0n) is 10.1. The normalized spacial score (nSPS) is 10.4. The fourth-order valence-corrected chi connectivity index (χ4v) is 1.57. The molecule has 0 bridgehead atoms. The third-order valence-corrected chi connectivity index (χ3v) is 2.44. The number of amides is 1. The van der Waals surface area contributed by atoms with Gasteiger partial charge in [-0.15, -0.1) is 0 Å². The first kappa shape index (κ1) is 13.9. The van der Waals surface area contributed by atoms with Gasteiger partial charge in [-0.05, 0) is 30.3 Å². The molecule has 3 nitrogen and oxygen atoms in total. The molecule has 0 heterocycles. The zero-order valence-corrected chi connectivity index (χ0v) is 10.1. The molecule has 2 aromatic rings. The Labute approximate surface area is 113 Å². The molecule has 6 heteroatoms. The van der Waals surface area contributed by atoms with E-state index in [1.165, 1.54) is 36.4 Å². The predicted octanol–water partition coefficient (Wildman–Crippen LogP) is 3.68. The van der Waals surface area contributed by atoms with E-state index in [1.54, 1.807) is 6.07 Å².